The quantitative estimate of drug-likeness (QED) is 0.246. The summed E-state index contributed by atoms with van der Waals surface area (Å²) >= 11 is -2.30. The first-order valence-corrected chi connectivity index (χ1v) is 10.9. The topological polar surface area (TPSA) is 58.8 Å². The van der Waals surface area contributed by atoms with E-state index in [2.05, 4.69) is 17.4 Å². The van der Waals surface area contributed by atoms with Gasteiger partial charge in [0.2, 0.25) is 0 Å². The molecule has 2 atom stereocenters. The van der Waals surface area contributed by atoms with Gasteiger partial charge in [0.05, 0.1) is 6.61 Å². The van der Waals surface area contributed by atoms with E-state index in [9.17, 15) is 4.21 Å². The van der Waals surface area contributed by atoms with Crippen LogP contribution in [-0.2, 0) is 20.3 Å². The molecule has 2 unspecified atom stereocenters. The minimum Gasteiger partial charge on any atom is -0.378 e. The Morgan fingerprint density at radius 3 is 2.74 bits per heavy atom. The second-order valence-electron chi connectivity index (χ2n) is 6.03. The average Bonchev–Trinajstić information content (AvgIpc) is 2.67. The summed E-state index contributed by atoms with van der Waals surface area (Å²) < 4.78 is 32.9. The van der Waals surface area contributed by atoms with Gasteiger partial charge in [-0.3, -0.25) is 8.74 Å². The number of rotatable bonds is 11. The zero-order valence-electron chi connectivity index (χ0n) is 17.3. The Labute approximate surface area is 168 Å². The van der Waals surface area contributed by atoms with Gasteiger partial charge in [0.1, 0.15) is 6.54 Å². The minimum atomic E-state index is -2.30. The maximum atomic E-state index is 11.0. The van der Waals surface area contributed by atoms with Crippen LogP contribution in [0.5, 0.6) is 0 Å². The highest BCUT2D eigenvalue weighted by atomic mass is 32.2. The minimum absolute atomic E-state index is 0.307. The lowest BCUT2D eigenvalue weighted by molar-refractivity contribution is -0.532. The summed E-state index contributed by atoms with van der Waals surface area (Å²) in [6.07, 6.45) is 16.1. The molecule has 0 aromatic heterocycles. The lowest BCUT2D eigenvalue weighted by Gasteiger charge is -2.18. The number of terminal acetylenes is 1. The molecular formula is C21H36NO4S+. The molecule has 0 bridgehead atoms. The smallest absolute Gasteiger partial charge is 0.302 e. The van der Waals surface area contributed by atoms with Gasteiger partial charge < -0.3 is 4.74 Å². The molecule has 0 aromatic rings. The van der Waals surface area contributed by atoms with Crippen LogP contribution in [-0.4, -0.2) is 52.0 Å². The van der Waals surface area contributed by atoms with Gasteiger partial charge >= 0.3 is 11.4 Å². The highest BCUT2D eigenvalue weighted by Gasteiger charge is 2.24. The Kier molecular flexibility index (Phi) is 16.1. The third kappa shape index (κ3) is 11.9. The van der Waals surface area contributed by atoms with Crippen LogP contribution in [0.15, 0.2) is 23.3 Å². The van der Waals surface area contributed by atoms with Crippen LogP contribution in [0.25, 0.3) is 0 Å². The van der Waals surface area contributed by atoms with Gasteiger partial charge in [0, 0.05) is 18.6 Å². The molecule has 0 amide bonds. The average molecular weight is 399 g/mol. The second-order valence-corrected chi connectivity index (χ2v) is 6.65. The fourth-order valence-electron chi connectivity index (χ4n) is 2.75. The van der Waals surface area contributed by atoms with Crippen molar-refractivity contribution in [3.8, 4) is 12.3 Å². The first-order valence-electron chi connectivity index (χ1n) is 9.87. The highest BCUT2D eigenvalue weighted by Crippen LogP contribution is 2.17. The number of allylic oxidation sites excluding steroid dienone is 3. The normalized spacial score (nSPS) is 19.0. The fourth-order valence-corrected chi connectivity index (χ4v) is 3.10. The fraction of sp³-hybridized carbons (Fsp3) is 0.667. The van der Waals surface area contributed by atoms with Crippen LogP contribution >= 0.6 is 0 Å². The standard InChI is InChI=1S/C19H29NO4S.C2H6/c1-4-7-8-9-13-23-16-19(24-25(21)22)15-20-12-11-18(10-5-2)17(6-3)14-20;1-2/h2,6,10,14,19H,4,7-9,11-13,15-16H2,1,3H3;1-2H3/p+1/b17-6-,18-10-;. The van der Waals surface area contributed by atoms with Crippen LogP contribution in [0, 0.1) is 12.3 Å². The van der Waals surface area contributed by atoms with Crippen LogP contribution in [0.3, 0.4) is 0 Å². The van der Waals surface area contributed by atoms with Crippen molar-refractivity contribution >= 4 is 17.6 Å². The van der Waals surface area contributed by atoms with Crippen molar-refractivity contribution in [2.45, 2.75) is 65.9 Å². The molecule has 0 aromatic carbocycles. The number of nitrogens with zero attached hydrogens (tertiary/aromatic N) is 1. The summed E-state index contributed by atoms with van der Waals surface area (Å²) in [4.78, 5) is 0. The lowest BCUT2D eigenvalue weighted by Crippen LogP contribution is -2.35. The van der Waals surface area contributed by atoms with Gasteiger partial charge in [-0.2, -0.15) is 4.21 Å². The molecule has 0 fully saturated rings. The van der Waals surface area contributed by atoms with Crippen molar-refractivity contribution < 1.29 is 22.3 Å². The number of hydrogen-bond donors (Lipinski definition) is 1. The maximum Gasteiger partial charge on any atom is 0.302 e. The molecule has 0 saturated carbocycles. The SMILES string of the molecule is C#C/C=C1/CC[N+](CC(COCCCCCC)OS(=O)O)=C/C1=C/C.CC. The molecule has 1 aliphatic rings. The molecule has 1 N–H and O–H groups in total. The van der Waals surface area contributed by atoms with E-state index < -0.39 is 17.5 Å². The monoisotopic (exact) mass is 398 g/mol. The number of unbranched alkanes of at least 4 members (excludes halogenated alkanes) is 3. The summed E-state index contributed by atoms with van der Waals surface area (Å²) in [7, 11) is 0. The van der Waals surface area contributed by atoms with Crippen molar-refractivity contribution in [1.29, 1.82) is 0 Å². The first-order chi connectivity index (χ1) is 13.1. The molecule has 5 nitrogen and oxygen atoms in total. The number of ether oxygens (including phenoxy) is 1. The van der Waals surface area contributed by atoms with E-state index >= 15 is 0 Å². The Bertz CT molecular complexity index is 561. The lowest BCUT2D eigenvalue weighted by atomic mass is 10.00. The second kappa shape index (κ2) is 16.9. The summed E-state index contributed by atoms with van der Waals surface area (Å²) in [6.45, 7) is 10.4. The van der Waals surface area contributed by atoms with E-state index in [0.717, 1.165) is 37.0 Å². The van der Waals surface area contributed by atoms with Crippen LogP contribution in [0.2, 0.25) is 0 Å². The molecule has 154 valence electrons. The largest absolute Gasteiger partial charge is 0.378 e. The van der Waals surface area contributed by atoms with E-state index in [4.69, 9.17) is 19.9 Å². The molecule has 0 saturated heterocycles. The zero-order valence-corrected chi connectivity index (χ0v) is 18.1. The van der Waals surface area contributed by atoms with Gasteiger partial charge in [-0.1, -0.05) is 52.0 Å². The predicted octanol–water partition coefficient (Wildman–Crippen LogP) is 4.12. The van der Waals surface area contributed by atoms with E-state index in [1.807, 2.05) is 33.1 Å². The van der Waals surface area contributed by atoms with Gasteiger partial charge in [0.25, 0.3) is 0 Å². The van der Waals surface area contributed by atoms with Crippen molar-refractivity contribution in [3.05, 3.63) is 23.3 Å². The van der Waals surface area contributed by atoms with E-state index in [1.54, 1.807) is 6.08 Å². The van der Waals surface area contributed by atoms with Crippen molar-refractivity contribution in [2.75, 3.05) is 26.3 Å². The van der Waals surface area contributed by atoms with Crippen molar-refractivity contribution in [3.63, 3.8) is 0 Å². The third-order valence-corrected chi connectivity index (χ3v) is 4.47. The maximum absolute atomic E-state index is 11.0. The van der Waals surface area contributed by atoms with E-state index in [0.29, 0.717) is 19.8 Å². The zero-order chi connectivity index (χ0) is 20.5. The Morgan fingerprint density at radius 1 is 1.41 bits per heavy atom. The highest BCUT2D eigenvalue weighted by molar-refractivity contribution is 7.74. The van der Waals surface area contributed by atoms with Gasteiger partial charge in [-0.25, -0.2) is 4.58 Å². The van der Waals surface area contributed by atoms with Gasteiger partial charge in [-0.15, -0.1) is 6.42 Å². The molecular weight excluding hydrogens is 362 g/mol. The van der Waals surface area contributed by atoms with Gasteiger partial charge in [0.15, 0.2) is 18.9 Å². The van der Waals surface area contributed by atoms with Crippen LogP contribution in [0.1, 0.15) is 59.8 Å². The Balaban J connectivity index is 0.00000326. The Morgan fingerprint density at radius 2 is 2.15 bits per heavy atom. The summed E-state index contributed by atoms with van der Waals surface area (Å²) in [5.41, 5.74) is 2.21. The molecule has 1 rings (SSSR count). The summed E-state index contributed by atoms with van der Waals surface area (Å²) in [6, 6.07) is 0. The van der Waals surface area contributed by atoms with E-state index in [1.165, 1.54) is 12.8 Å². The third-order valence-electron chi connectivity index (χ3n) is 4.03. The summed E-state index contributed by atoms with van der Waals surface area (Å²) in [5, 5.41) is 0. The van der Waals surface area contributed by atoms with Crippen molar-refractivity contribution in [1.82, 2.24) is 0 Å². The molecule has 6 heteroatoms. The number of hydrogen-bond acceptors (Lipinski definition) is 3. The molecule has 0 radical (unpaired) electrons. The molecule has 1 heterocycles. The van der Waals surface area contributed by atoms with Crippen LogP contribution < -0.4 is 0 Å². The first kappa shape index (κ1) is 25.7. The van der Waals surface area contributed by atoms with Crippen molar-refractivity contribution in [2.24, 2.45) is 0 Å². The Hall–Kier alpha value is -1.26. The molecule has 0 aliphatic carbocycles. The molecule has 1 aliphatic heterocycles. The summed E-state index contributed by atoms with van der Waals surface area (Å²) in [5.74, 6) is 2.57. The predicted molar refractivity (Wildman–Crippen MR) is 113 cm³/mol. The van der Waals surface area contributed by atoms with E-state index in [-0.39, 0.29) is 0 Å². The van der Waals surface area contributed by atoms with Crippen LogP contribution in [0.4, 0.5) is 0 Å². The molecule has 27 heavy (non-hydrogen) atoms. The molecule has 0 spiro atoms. The van der Waals surface area contributed by atoms with Gasteiger partial charge in [-0.05, 0) is 25.0 Å².